The van der Waals surface area contributed by atoms with Gasteiger partial charge in [0.1, 0.15) is 13.3 Å². The molecule has 1 amide bonds. The number of hydrogen-bond acceptors (Lipinski definition) is 2. The molecule has 0 aromatic rings. The van der Waals surface area contributed by atoms with Crippen molar-refractivity contribution in [3.63, 3.8) is 0 Å². The van der Waals surface area contributed by atoms with Crippen LogP contribution in [0.2, 0.25) is 0 Å². The number of carbonyl (C=O) groups excluding carboxylic acids is 1. The van der Waals surface area contributed by atoms with Crippen LogP contribution in [-0.2, 0) is 4.74 Å². The fraction of sp³-hybridized carbons (Fsp3) is 0.929. The van der Waals surface area contributed by atoms with Crippen molar-refractivity contribution < 1.29 is 13.9 Å². The number of amides is 1. The highest BCUT2D eigenvalue weighted by molar-refractivity contribution is 5.71. The van der Waals surface area contributed by atoms with E-state index in [0.29, 0.717) is 0 Å². The highest BCUT2D eigenvalue weighted by Crippen LogP contribution is 2.33. The summed E-state index contributed by atoms with van der Waals surface area (Å²) in [7, 11) is 0. The third kappa shape index (κ3) is 3.36. The zero-order valence-corrected chi connectivity index (χ0v) is 11.9. The monoisotopic (exact) mass is 259 g/mol. The Bertz CT molecular complexity index is 273. The van der Waals surface area contributed by atoms with Crippen molar-refractivity contribution in [2.75, 3.05) is 13.3 Å². The van der Waals surface area contributed by atoms with E-state index in [1.54, 1.807) is 4.90 Å². The Balaban J connectivity index is 2.77. The summed E-state index contributed by atoms with van der Waals surface area (Å²) in [4.78, 5) is 13.5. The molecule has 2 atom stereocenters. The molecular formula is C14H26FNO2. The minimum Gasteiger partial charge on any atom is -0.447 e. The van der Waals surface area contributed by atoms with Crippen LogP contribution in [0.25, 0.3) is 0 Å². The van der Waals surface area contributed by atoms with Crippen LogP contribution in [0.4, 0.5) is 9.18 Å². The molecule has 0 bridgehead atoms. The number of unbranched alkanes of at least 4 members (excludes halogenated alkanes) is 2. The van der Waals surface area contributed by atoms with Gasteiger partial charge in [-0.3, -0.25) is 4.90 Å². The predicted molar refractivity (Wildman–Crippen MR) is 70.4 cm³/mol. The van der Waals surface area contributed by atoms with E-state index in [-0.39, 0.29) is 18.2 Å². The van der Waals surface area contributed by atoms with Gasteiger partial charge < -0.3 is 4.74 Å². The SMILES string of the molecule is CCCCCC(C)(CCC)N1C(=O)OCC1CF. The molecule has 1 fully saturated rings. The van der Waals surface area contributed by atoms with Gasteiger partial charge in [0.2, 0.25) is 0 Å². The molecule has 1 aliphatic rings. The number of rotatable bonds is 8. The lowest BCUT2D eigenvalue weighted by molar-refractivity contribution is 0.0813. The minimum absolute atomic E-state index is 0.197. The molecule has 4 heteroatoms. The van der Waals surface area contributed by atoms with E-state index >= 15 is 0 Å². The molecule has 1 rings (SSSR count). The lowest BCUT2D eigenvalue weighted by Crippen LogP contribution is -2.52. The van der Waals surface area contributed by atoms with Crippen LogP contribution in [0.1, 0.15) is 59.3 Å². The summed E-state index contributed by atoms with van der Waals surface area (Å²) in [6.45, 7) is 6.01. The number of alkyl halides is 1. The van der Waals surface area contributed by atoms with Crippen LogP contribution in [0.15, 0.2) is 0 Å². The second-order valence-electron chi connectivity index (χ2n) is 5.46. The molecule has 0 radical (unpaired) electrons. The molecular weight excluding hydrogens is 233 g/mol. The van der Waals surface area contributed by atoms with Crippen molar-refractivity contribution in [3.8, 4) is 0 Å². The molecule has 1 aliphatic heterocycles. The van der Waals surface area contributed by atoms with Gasteiger partial charge in [0.15, 0.2) is 0 Å². The molecule has 0 aromatic carbocycles. The van der Waals surface area contributed by atoms with Gasteiger partial charge in [-0.2, -0.15) is 0 Å². The standard InChI is InChI=1S/C14H26FNO2/c1-4-6-7-9-14(3,8-5-2)16-12(10-15)11-18-13(16)17/h12H,4-11H2,1-3H3. The van der Waals surface area contributed by atoms with Crippen LogP contribution in [0, 0.1) is 0 Å². The summed E-state index contributed by atoms with van der Waals surface area (Å²) in [5.41, 5.74) is -0.256. The van der Waals surface area contributed by atoms with Crippen molar-refractivity contribution in [1.29, 1.82) is 0 Å². The average Bonchev–Trinajstić information content (AvgIpc) is 2.72. The first-order valence-electron chi connectivity index (χ1n) is 7.11. The molecule has 2 unspecified atom stereocenters. The highest BCUT2D eigenvalue weighted by Gasteiger charge is 2.44. The van der Waals surface area contributed by atoms with Gasteiger partial charge in [-0.15, -0.1) is 0 Å². The third-order valence-electron chi connectivity index (χ3n) is 3.83. The molecule has 18 heavy (non-hydrogen) atoms. The van der Waals surface area contributed by atoms with Crippen molar-refractivity contribution >= 4 is 6.09 Å². The Morgan fingerprint density at radius 1 is 1.33 bits per heavy atom. The number of cyclic esters (lactones) is 1. The quantitative estimate of drug-likeness (QED) is 0.618. The molecule has 3 nitrogen and oxygen atoms in total. The smallest absolute Gasteiger partial charge is 0.410 e. The van der Waals surface area contributed by atoms with Crippen molar-refractivity contribution in [2.45, 2.75) is 70.9 Å². The number of ether oxygens (including phenoxy) is 1. The maximum Gasteiger partial charge on any atom is 0.410 e. The van der Waals surface area contributed by atoms with Crippen LogP contribution < -0.4 is 0 Å². The Morgan fingerprint density at radius 2 is 2.06 bits per heavy atom. The van der Waals surface area contributed by atoms with Crippen LogP contribution in [0.5, 0.6) is 0 Å². The molecule has 0 aromatic heterocycles. The molecule has 0 N–H and O–H groups in total. The predicted octanol–water partition coefficient (Wildman–Crippen LogP) is 3.92. The van der Waals surface area contributed by atoms with Crippen LogP contribution in [-0.4, -0.2) is 35.9 Å². The summed E-state index contributed by atoms with van der Waals surface area (Å²) in [6.07, 6.45) is 5.87. The first-order chi connectivity index (χ1) is 8.59. The zero-order chi connectivity index (χ0) is 13.6. The van der Waals surface area contributed by atoms with Crippen molar-refractivity contribution in [3.05, 3.63) is 0 Å². The largest absolute Gasteiger partial charge is 0.447 e. The van der Waals surface area contributed by atoms with Gasteiger partial charge in [-0.1, -0.05) is 39.5 Å². The fourth-order valence-electron chi connectivity index (χ4n) is 2.90. The van der Waals surface area contributed by atoms with E-state index in [9.17, 15) is 9.18 Å². The number of halogens is 1. The van der Waals surface area contributed by atoms with E-state index in [4.69, 9.17) is 4.74 Å². The second-order valence-corrected chi connectivity index (χ2v) is 5.46. The maximum atomic E-state index is 13.0. The van der Waals surface area contributed by atoms with E-state index in [1.807, 2.05) is 0 Å². The van der Waals surface area contributed by atoms with Gasteiger partial charge in [0.05, 0.1) is 6.04 Å². The number of nitrogens with zero attached hydrogens (tertiary/aromatic N) is 1. The third-order valence-corrected chi connectivity index (χ3v) is 3.83. The van der Waals surface area contributed by atoms with E-state index in [1.165, 1.54) is 0 Å². The molecule has 106 valence electrons. The van der Waals surface area contributed by atoms with Gasteiger partial charge >= 0.3 is 6.09 Å². The molecule has 1 heterocycles. The van der Waals surface area contributed by atoms with Gasteiger partial charge in [-0.05, 0) is 19.8 Å². The lowest BCUT2D eigenvalue weighted by atomic mass is 9.87. The molecule has 0 saturated carbocycles. The van der Waals surface area contributed by atoms with E-state index < -0.39 is 12.7 Å². The van der Waals surface area contributed by atoms with Crippen molar-refractivity contribution in [1.82, 2.24) is 4.90 Å². The Kier molecular flexibility index (Phi) is 5.89. The lowest BCUT2D eigenvalue weighted by Gasteiger charge is -2.40. The maximum absolute atomic E-state index is 13.0. The van der Waals surface area contributed by atoms with Crippen LogP contribution >= 0.6 is 0 Å². The second kappa shape index (κ2) is 6.95. The summed E-state index contributed by atoms with van der Waals surface area (Å²) in [5, 5.41) is 0. The zero-order valence-electron chi connectivity index (χ0n) is 11.9. The highest BCUT2D eigenvalue weighted by atomic mass is 19.1. The summed E-state index contributed by atoms with van der Waals surface area (Å²) >= 11 is 0. The van der Waals surface area contributed by atoms with Gasteiger partial charge in [0, 0.05) is 5.54 Å². The topological polar surface area (TPSA) is 29.5 Å². The summed E-state index contributed by atoms with van der Waals surface area (Å²) in [5.74, 6) is 0. The Hall–Kier alpha value is -0.800. The van der Waals surface area contributed by atoms with E-state index in [0.717, 1.165) is 38.5 Å². The molecule has 0 spiro atoms. The first kappa shape index (κ1) is 15.3. The van der Waals surface area contributed by atoms with Gasteiger partial charge in [0.25, 0.3) is 0 Å². The molecule has 1 saturated heterocycles. The number of carbonyl (C=O) groups is 1. The summed E-state index contributed by atoms with van der Waals surface area (Å²) < 4.78 is 18.0. The Labute approximate surface area is 110 Å². The first-order valence-corrected chi connectivity index (χ1v) is 7.11. The summed E-state index contributed by atoms with van der Waals surface area (Å²) in [6, 6.07) is -0.393. The van der Waals surface area contributed by atoms with E-state index in [2.05, 4.69) is 20.8 Å². The fourth-order valence-corrected chi connectivity index (χ4v) is 2.90. The van der Waals surface area contributed by atoms with Gasteiger partial charge in [-0.25, -0.2) is 9.18 Å². The Morgan fingerprint density at radius 3 is 2.61 bits per heavy atom. The van der Waals surface area contributed by atoms with Crippen molar-refractivity contribution in [2.24, 2.45) is 0 Å². The average molecular weight is 259 g/mol. The molecule has 0 aliphatic carbocycles. The number of hydrogen-bond donors (Lipinski definition) is 0. The van der Waals surface area contributed by atoms with Crippen LogP contribution in [0.3, 0.4) is 0 Å². The normalized spacial score (nSPS) is 23.0. The minimum atomic E-state index is -0.515.